The molecule has 18 heavy (non-hydrogen) atoms. The Kier molecular flexibility index (Phi) is 4.23. The van der Waals surface area contributed by atoms with E-state index in [0.717, 1.165) is 9.99 Å². The lowest BCUT2D eigenvalue weighted by molar-refractivity contribution is 0.0925. The zero-order valence-electron chi connectivity index (χ0n) is 10.4. The highest BCUT2D eigenvalue weighted by atomic mass is 32.2. The van der Waals surface area contributed by atoms with Crippen LogP contribution < -0.4 is 0 Å². The standard InChI is InChI=1S/C14H15NO2S/c1-15(2)10-12(16)13-8-9-14(17-13)18-11-6-4-3-5-7-11/h3-9H,10H2,1-2H3. The van der Waals surface area contributed by atoms with Crippen LogP contribution in [0.3, 0.4) is 0 Å². The number of Topliss-reactive ketones (excluding diaryl/α,β-unsaturated/α-hetero) is 1. The Morgan fingerprint density at radius 2 is 1.89 bits per heavy atom. The predicted molar refractivity (Wildman–Crippen MR) is 72.2 cm³/mol. The van der Waals surface area contributed by atoms with E-state index in [9.17, 15) is 4.79 Å². The number of hydrogen-bond acceptors (Lipinski definition) is 4. The Hall–Kier alpha value is -1.52. The third kappa shape index (κ3) is 3.48. The number of carbonyl (C=O) groups is 1. The molecule has 1 aromatic heterocycles. The zero-order chi connectivity index (χ0) is 13.0. The van der Waals surface area contributed by atoms with Crippen molar-refractivity contribution < 1.29 is 9.21 Å². The maximum atomic E-state index is 11.8. The Bertz CT molecular complexity index is 520. The Balaban J connectivity index is 2.04. The van der Waals surface area contributed by atoms with Gasteiger partial charge in [-0.3, -0.25) is 4.79 Å². The Morgan fingerprint density at radius 1 is 1.17 bits per heavy atom. The van der Waals surface area contributed by atoms with Crippen molar-refractivity contribution in [3.8, 4) is 0 Å². The van der Waals surface area contributed by atoms with E-state index < -0.39 is 0 Å². The summed E-state index contributed by atoms with van der Waals surface area (Å²) in [5, 5.41) is 0.739. The summed E-state index contributed by atoms with van der Waals surface area (Å²) in [4.78, 5) is 14.7. The number of ketones is 1. The number of rotatable bonds is 5. The fourth-order valence-electron chi connectivity index (χ4n) is 1.49. The minimum absolute atomic E-state index is 0.0000818. The molecule has 0 N–H and O–H groups in total. The topological polar surface area (TPSA) is 33.5 Å². The van der Waals surface area contributed by atoms with Crippen molar-refractivity contribution >= 4 is 17.5 Å². The Labute approximate surface area is 111 Å². The molecule has 0 radical (unpaired) electrons. The molecule has 0 spiro atoms. The molecule has 0 atom stereocenters. The molecule has 1 heterocycles. The molecule has 0 saturated heterocycles. The summed E-state index contributed by atoms with van der Waals surface area (Å²) in [5.74, 6) is 0.419. The first kappa shape index (κ1) is 12.9. The van der Waals surface area contributed by atoms with Crippen LogP contribution >= 0.6 is 11.8 Å². The van der Waals surface area contributed by atoms with Gasteiger partial charge < -0.3 is 9.32 Å². The normalized spacial score (nSPS) is 10.8. The lowest BCUT2D eigenvalue weighted by Gasteiger charge is -2.05. The molecule has 94 valence electrons. The molecule has 0 aliphatic rings. The molecule has 2 aromatic rings. The van der Waals surface area contributed by atoms with Crippen LogP contribution in [0.25, 0.3) is 0 Å². The van der Waals surface area contributed by atoms with Crippen LogP contribution in [-0.2, 0) is 0 Å². The van der Waals surface area contributed by atoms with Crippen LogP contribution in [0.15, 0.2) is 56.9 Å². The van der Waals surface area contributed by atoms with Crippen LogP contribution in [0.1, 0.15) is 10.6 Å². The first-order chi connectivity index (χ1) is 8.65. The summed E-state index contributed by atoms with van der Waals surface area (Å²) < 4.78 is 5.54. The van der Waals surface area contributed by atoms with E-state index in [2.05, 4.69) is 0 Å². The summed E-state index contributed by atoms with van der Waals surface area (Å²) >= 11 is 1.51. The van der Waals surface area contributed by atoms with Crippen molar-refractivity contribution in [2.24, 2.45) is 0 Å². The number of carbonyl (C=O) groups excluding carboxylic acids is 1. The first-order valence-electron chi connectivity index (χ1n) is 5.66. The molecule has 2 rings (SSSR count). The van der Waals surface area contributed by atoms with Crippen molar-refractivity contribution in [2.45, 2.75) is 9.99 Å². The lowest BCUT2D eigenvalue weighted by Crippen LogP contribution is -2.21. The number of furan rings is 1. The van der Waals surface area contributed by atoms with Crippen LogP contribution in [0.2, 0.25) is 0 Å². The molecule has 0 unspecified atom stereocenters. The van der Waals surface area contributed by atoms with Crippen LogP contribution in [-0.4, -0.2) is 31.3 Å². The number of likely N-dealkylation sites (N-methyl/N-ethyl adjacent to an activating group) is 1. The van der Waals surface area contributed by atoms with Crippen molar-refractivity contribution in [3.05, 3.63) is 48.2 Å². The van der Waals surface area contributed by atoms with Crippen LogP contribution in [0, 0.1) is 0 Å². The molecule has 0 amide bonds. The van der Waals surface area contributed by atoms with Crippen LogP contribution in [0.5, 0.6) is 0 Å². The molecule has 0 fully saturated rings. The van der Waals surface area contributed by atoms with Crippen molar-refractivity contribution in [3.63, 3.8) is 0 Å². The summed E-state index contributed by atoms with van der Waals surface area (Å²) in [6.45, 7) is 0.364. The van der Waals surface area contributed by atoms with E-state index in [1.165, 1.54) is 11.8 Å². The summed E-state index contributed by atoms with van der Waals surface area (Å²) in [7, 11) is 3.72. The summed E-state index contributed by atoms with van der Waals surface area (Å²) in [5.41, 5.74) is 0. The smallest absolute Gasteiger partial charge is 0.211 e. The molecular weight excluding hydrogens is 246 g/mol. The highest BCUT2D eigenvalue weighted by molar-refractivity contribution is 7.99. The van der Waals surface area contributed by atoms with Gasteiger partial charge in [0.25, 0.3) is 0 Å². The highest BCUT2D eigenvalue weighted by Crippen LogP contribution is 2.28. The third-order valence-corrected chi connectivity index (χ3v) is 3.21. The van der Waals surface area contributed by atoms with Gasteiger partial charge in [-0.25, -0.2) is 0 Å². The largest absolute Gasteiger partial charge is 0.446 e. The highest BCUT2D eigenvalue weighted by Gasteiger charge is 2.12. The molecule has 0 aliphatic heterocycles. The number of nitrogens with zero attached hydrogens (tertiary/aromatic N) is 1. The van der Waals surface area contributed by atoms with Gasteiger partial charge in [0.15, 0.2) is 10.9 Å². The predicted octanol–water partition coefficient (Wildman–Crippen LogP) is 3.18. The molecule has 4 heteroatoms. The fraction of sp³-hybridized carbons (Fsp3) is 0.214. The molecule has 3 nitrogen and oxygen atoms in total. The minimum atomic E-state index is -0.0000818. The van der Waals surface area contributed by atoms with Gasteiger partial charge in [-0.2, -0.15) is 0 Å². The van der Waals surface area contributed by atoms with Gasteiger partial charge in [0.2, 0.25) is 5.78 Å². The van der Waals surface area contributed by atoms with E-state index in [1.807, 2.05) is 55.4 Å². The average Bonchev–Trinajstić information content (AvgIpc) is 2.78. The van der Waals surface area contributed by atoms with Gasteiger partial charge in [0, 0.05) is 4.90 Å². The van der Waals surface area contributed by atoms with E-state index >= 15 is 0 Å². The second-order valence-electron chi connectivity index (χ2n) is 4.19. The summed E-state index contributed by atoms with van der Waals surface area (Å²) in [6, 6.07) is 13.5. The van der Waals surface area contributed by atoms with Crippen molar-refractivity contribution in [1.29, 1.82) is 0 Å². The van der Waals surface area contributed by atoms with E-state index in [1.54, 1.807) is 6.07 Å². The van der Waals surface area contributed by atoms with E-state index in [-0.39, 0.29) is 5.78 Å². The quantitative estimate of drug-likeness (QED) is 0.774. The number of benzene rings is 1. The monoisotopic (exact) mass is 261 g/mol. The van der Waals surface area contributed by atoms with Gasteiger partial charge in [-0.05, 0) is 38.4 Å². The fourth-order valence-corrected chi connectivity index (χ4v) is 2.29. The van der Waals surface area contributed by atoms with E-state index in [0.29, 0.717) is 12.3 Å². The molecule has 0 saturated carbocycles. The Morgan fingerprint density at radius 3 is 2.56 bits per heavy atom. The van der Waals surface area contributed by atoms with Crippen molar-refractivity contribution in [2.75, 3.05) is 20.6 Å². The first-order valence-corrected chi connectivity index (χ1v) is 6.47. The molecule has 1 aromatic carbocycles. The zero-order valence-corrected chi connectivity index (χ0v) is 11.2. The maximum absolute atomic E-state index is 11.8. The molecule has 0 bridgehead atoms. The van der Waals surface area contributed by atoms with Gasteiger partial charge in [-0.15, -0.1) is 0 Å². The second-order valence-corrected chi connectivity index (χ2v) is 5.27. The SMILES string of the molecule is CN(C)CC(=O)c1ccc(Sc2ccccc2)o1. The van der Waals surface area contributed by atoms with Crippen LogP contribution in [0.4, 0.5) is 0 Å². The third-order valence-electron chi connectivity index (χ3n) is 2.28. The van der Waals surface area contributed by atoms with Gasteiger partial charge in [0.05, 0.1) is 6.54 Å². The van der Waals surface area contributed by atoms with Gasteiger partial charge in [-0.1, -0.05) is 30.0 Å². The maximum Gasteiger partial charge on any atom is 0.211 e. The van der Waals surface area contributed by atoms with Gasteiger partial charge >= 0.3 is 0 Å². The number of hydrogen-bond donors (Lipinski definition) is 0. The summed E-state index contributed by atoms with van der Waals surface area (Å²) in [6.07, 6.45) is 0. The lowest BCUT2D eigenvalue weighted by atomic mass is 10.3. The molecule has 0 aliphatic carbocycles. The van der Waals surface area contributed by atoms with Gasteiger partial charge in [0.1, 0.15) is 0 Å². The average molecular weight is 261 g/mol. The second kappa shape index (κ2) is 5.89. The molecular formula is C14H15NO2S. The minimum Gasteiger partial charge on any atom is -0.446 e. The van der Waals surface area contributed by atoms with E-state index in [4.69, 9.17) is 4.42 Å². The van der Waals surface area contributed by atoms with Crippen molar-refractivity contribution in [1.82, 2.24) is 4.90 Å².